The lowest BCUT2D eigenvalue weighted by atomic mass is 9.75. The van der Waals surface area contributed by atoms with Crippen LogP contribution < -0.4 is 5.32 Å². The molecule has 1 fully saturated rings. The van der Waals surface area contributed by atoms with Crippen LogP contribution in [0.4, 0.5) is 0 Å². The molecule has 0 radical (unpaired) electrons. The van der Waals surface area contributed by atoms with Crippen molar-refractivity contribution in [3.05, 3.63) is 65.2 Å². The van der Waals surface area contributed by atoms with Gasteiger partial charge in [0.25, 0.3) is 0 Å². The summed E-state index contributed by atoms with van der Waals surface area (Å²) in [5.74, 6) is 0.346. The van der Waals surface area contributed by atoms with Crippen LogP contribution in [0.1, 0.15) is 35.9 Å². The first-order chi connectivity index (χ1) is 12.7. The smallest absolute Gasteiger partial charge is 0.220 e. The van der Waals surface area contributed by atoms with Gasteiger partial charge in [-0.3, -0.25) is 4.79 Å². The lowest BCUT2D eigenvalue weighted by molar-refractivity contribution is -0.123. The van der Waals surface area contributed by atoms with Crippen LogP contribution >= 0.6 is 11.3 Å². The largest absolute Gasteiger partial charge is 0.393 e. The van der Waals surface area contributed by atoms with Crippen molar-refractivity contribution in [2.24, 2.45) is 5.92 Å². The van der Waals surface area contributed by atoms with Gasteiger partial charge in [0.1, 0.15) is 0 Å². The van der Waals surface area contributed by atoms with E-state index in [9.17, 15) is 9.90 Å². The van der Waals surface area contributed by atoms with Gasteiger partial charge in [-0.1, -0.05) is 42.5 Å². The summed E-state index contributed by atoms with van der Waals surface area (Å²) in [6, 6.07) is 18.1. The second-order valence-electron chi connectivity index (χ2n) is 6.92. The summed E-state index contributed by atoms with van der Waals surface area (Å²) in [4.78, 5) is 17.1. The van der Waals surface area contributed by atoms with Crippen molar-refractivity contribution >= 4 is 27.5 Å². The Bertz CT molecular complexity index is 854. The average molecular weight is 366 g/mol. The summed E-state index contributed by atoms with van der Waals surface area (Å²) >= 11 is 1.65. The fraction of sp³-hybridized carbons (Fsp3) is 0.333. The summed E-state index contributed by atoms with van der Waals surface area (Å²) in [6.45, 7) is 0. The van der Waals surface area contributed by atoms with E-state index in [0.29, 0.717) is 18.8 Å². The molecule has 0 unspecified atom stereocenters. The predicted molar refractivity (Wildman–Crippen MR) is 104 cm³/mol. The van der Waals surface area contributed by atoms with Crippen LogP contribution in [0.2, 0.25) is 0 Å². The molecule has 4 rings (SSSR count). The van der Waals surface area contributed by atoms with E-state index in [-0.39, 0.29) is 18.1 Å². The summed E-state index contributed by atoms with van der Waals surface area (Å²) in [5.41, 5.74) is 2.11. The Hall–Kier alpha value is -2.24. The van der Waals surface area contributed by atoms with Gasteiger partial charge >= 0.3 is 0 Å². The van der Waals surface area contributed by atoms with E-state index >= 15 is 0 Å². The van der Waals surface area contributed by atoms with Crippen LogP contribution in [0.5, 0.6) is 0 Å². The number of carbonyl (C=O) groups is 1. The minimum Gasteiger partial charge on any atom is -0.393 e. The average Bonchev–Trinajstić information content (AvgIpc) is 3.06. The molecule has 26 heavy (non-hydrogen) atoms. The zero-order valence-electron chi connectivity index (χ0n) is 14.5. The molecule has 1 aliphatic carbocycles. The van der Waals surface area contributed by atoms with E-state index in [1.165, 1.54) is 0 Å². The maximum atomic E-state index is 12.5. The third-order valence-corrected chi connectivity index (χ3v) is 6.10. The Morgan fingerprint density at radius 3 is 2.62 bits per heavy atom. The van der Waals surface area contributed by atoms with Gasteiger partial charge in [0.15, 0.2) is 0 Å². The number of nitrogens with one attached hydrogen (secondary N) is 1. The number of rotatable bonds is 6. The predicted octanol–water partition coefficient (Wildman–Crippen LogP) is 3.86. The number of aromatic nitrogens is 1. The monoisotopic (exact) mass is 366 g/mol. The van der Waals surface area contributed by atoms with E-state index in [2.05, 4.69) is 16.4 Å². The number of aliphatic hydroxyl groups excluding tert-OH is 1. The standard InChI is InChI=1S/C21H22N2O2S/c24-16-12-15(13-16)21(14-6-2-1-3-7-14)23-19(25)10-11-20-22-17-8-4-5-9-18(17)26-20/h1-9,15-16,21,24H,10-13H2,(H,23,25)/t15?,16?,21-/m1/s1. The third-order valence-electron chi connectivity index (χ3n) is 5.00. The van der Waals surface area contributed by atoms with Gasteiger partial charge in [-0.05, 0) is 36.5 Å². The maximum absolute atomic E-state index is 12.5. The number of aryl methyl sites for hydroxylation is 1. The molecule has 1 saturated carbocycles. The Kier molecular flexibility index (Phi) is 5.00. The SMILES string of the molecule is O=C(CCc1nc2ccccc2s1)N[C@H](c1ccccc1)C1CC(O)C1. The number of benzene rings is 2. The Morgan fingerprint density at radius 1 is 1.15 bits per heavy atom. The molecule has 4 nitrogen and oxygen atoms in total. The molecular formula is C21H22N2O2S. The number of carbonyl (C=O) groups excluding carboxylic acids is 1. The van der Waals surface area contributed by atoms with Crippen LogP contribution in [0.25, 0.3) is 10.2 Å². The zero-order chi connectivity index (χ0) is 17.9. The summed E-state index contributed by atoms with van der Waals surface area (Å²) in [6.07, 6.45) is 2.35. The summed E-state index contributed by atoms with van der Waals surface area (Å²) in [7, 11) is 0. The molecule has 5 heteroatoms. The van der Waals surface area contributed by atoms with E-state index < -0.39 is 0 Å². The summed E-state index contributed by atoms with van der Waals surface area (Å²) < 4.78 is 1.16. The van der Waals surface area contributed by atoms with Crippen molar-refractivity contribution in [2.45, 2.75) is 37.8 Å². The first-order valence-electron chi connectivity index (χ1n) is 9.06. The molecule has 134 valence electrons. The van der Waals surface area contributed by atoms with Crippen LogP contribution in [-0.2, 0) is 11.2 Å². The number of nitrogens with zero attached hydrogens (tertiary/aromatic N) is 1. The molecule has 2 aromatic carbocycles. The number of para-hydroxylation sites is 1. The molecule has 0 saturated heterocycles. The first-order valence-corrected chi connectivity index (χ1v) is 9.87. The molecule has 0 bridgehead atoms. The second kappa shape index (κ2) is 7.56. The van der Waals surface area contributed by atoms with E-state index in [4.69, 9.17) is 0 Å². The highest BCUT2D eigenvalue weighted by molar-refractivity contribution is 7.18. The van der Waals surface area contributed by atoms with E-state index in [0.717, 1.165) is 33.6 Å². The normalized spacial score (nSPS) is 20.5. The van der Waals surface area contributed by atoms with Crippen molar-refractivity contribution in [1.82, 2.24) is 10.3 Å². The van der Waals surface area contributed by atoms with E-state index in [1.54, 1.807) is 11.3 Å². The highest BCUT2D eigenvalue weighted by Gasteiger charge is 2.35. The van der Waals surface area contributed by atoms with Crippen molar-refractivity contribution in [1.29, 1.82) is 0 Å². The number of amides is 1. The lowest BCUT2D eigenvalue weighted by Crippen LogP contribution is -2.41. The van der Waals surface area contributed by atoms with Gasteiger partial charge in [0.05, 0.1) is 27.4 Å². The number of hydrogen-bond acceptors (Lipinski definition) is 4. The number of hydrogen-bond donors (Lipinski definition) is 2. The van der Waals surface area contributed by atoms with Gasteiger partial charge in [-0.25, -0.2) is 4.98 Å². The highest BCUT2D eigenvalue weighted by Crippen LogP contribution is 2.38. The second-order valence-corrected chi connectivity index (χ2v) is 8.03. The Balaban J connectivity index is 1.40. The highest BCUT2D eigenvalue weighted by atomic mass is 32.1. The number of fused-ring (bicyclic) bond motifs is 1. The minimum absolute atomic E-state index is 0.0255. The van der Waals surface area contributed by atoms with Crippen LogP contribution in [0.15, 0.2) is 54.6 Å². The summed E-state index contributed by atoms with van der Waals surface area (Å²) in [5, 5.41) is 13.8. The quantitative estimate of drug-likeness (QED) is 0.696. The minimum atomic E-state index is -0.231. The molecule has 1 aliphatic rings. The topological polar surface area (TPSA) is 62.2 Å². The van der Waals surface area contributed by atoms with Crippen LogP contribution in [-0.4, -0.2) is 22.1 Å². The number of aliphatic hydroxyl groups is 1. The molecule has 0 spiro atoms. The number of thiazole rings is 1. The fourth-order valence-electron chi connectivity index (χ4n) is 3.53. The van der Waals surface area contributed by atoms with Gasteiger partial charge in [0, 0.05) is 12.8 Å². The fourth-order valence-corrected chi connectivity index (χ4v) is 4.50. The lowest BCUT2D eigenvalue weighted by Gasteiger charge is -2.38. The molecule has 3 aromatic rings. The van der Waals surface area contributed by atoms with Gasteiger partial charge in [0.2, 0.25) is 5.91 Å². The molecule has 1 aromatic heterocycles. The maximum Gasteiger partial charge on any atom is 0.220 e. The Labute approximate surface area is 156 Å². The molecular weight excluding hydrogens is 344 g/mol. The zero-order valence-corrected chi connectivity index (χ0v) is 15.3. The van der Waals surface area contributed by atoms with Crippen molar-refractivity contribution in [3.63, 3.8) is 0 Å². The molecule has 1 amide bonds. The van der Waals surface area contributed by atoms with Crippen molar-refractivity contribution < 1.29 is 9.90 Å². The molecule has 2 N–H and O–H groups in total. The Morgan fingerprint density at radius 2 is 1.88 bits per heavy atom. The van der Waals surface area contributed by atoms with E-state index in [1.807, 2.05) is 48.5 Å². The van der Waals surface area contributed by atoms with Gasteiger partial charge in [-0.15, -0.1) is 11.3 Å². The van der Waals surface area contributed by atoms with Crippen molar-refractivity contribution in [3.8, 4) is 0 Å². The van der Waals surface area contributed by atoms with Crippen LogP contribution in [0, 0.1) is 5.92 Å². The first kappa shape index (κ1) is 17.2. The van der Waals surface area contributed by atoms with Crippen LogP contribution in [0.3, 0.4) is 0 Å². The van der Waals surface area contributed by atoms with Gasteiger partial charge < -0.3 is 10.4 Å². The molecule has 0 aliphatic heterocycles. The molecule has 1 heterocycles. The van der Waals surface area contributed by atoms with Crippen molar-refractivity contribution in [2.75, 3.05) is 0 Å². The molecule has 1 atom stereocenters. The van der Waals surface area contributed by atoms with Gasteiger partial charge in [-0.2, -0.15) is 0 Å². The third kappa shape index (κ3) is 3.79.